The summed E-state index contributed by atoms with van der Waals surface area (Å²) < 4.78 is 22.0. The Kier molecular flexibility index (Phi) is 37.4. The number of phosphoric ester groups is 1. The van der Waals surface area contributed by atoms with Crippen molar-refractivity contribution in [1.29, 1.82) is 0 Å². The zero-order valence-corrected chi connectivity index (χ0v) is 34.6. The topological polar surface area (TPSA) is 151 Å². The number of aliphatic hydroxyl groups excluding tert-OH is 2. The summed E-state index contributed by atoms with van der Waals surface area (Å²) in [7, 11) is -4.40. The van der Waals surface area contributed by atoms with Crippen LogP contribution in [0.2, 0.25) is 0 Å². The SMILES string of the molecule is CCCCCCCC/C=C\CCCC(O)CC(=O)NC(COP(=O)(O)OCCN)C(O)/C=C/CCCCCCCCCCCCCCCCCCC. The van der Waals surface area contributed by atoms with E-state index in [1.54, 1.807) is 6.08 Å². The molecule has 0 bridgehead atoms. The summed E-state index contributed by atoms with van der Waals surface area (Å²) in [5, 5.41) is 24.0. The van der Waals surface area contributed by atoms with Crippen LogP contribution in [0.3, 0.4) is 0 Å². The maximum atomic E-state index is 12.8. The highest BCUT2D eigenvalue weighted by Crippen LogP contribution is 2.43. The van der Waals surface area contributed by atoms with Crippen molar-refractivity contribution >= 4 is 13.7 Å². The number of allylic oxidation sites excluding steroid dienone is 3. The fraction of sp³-hybridized carbons (Fsp3) is 0.881. The molecular weight excluding hydrogens is 675 g/mol. The Morgan fingerprint density at radius 2 is 1.08 bits per heavy atom. The summed E-state index contributed by atoms with van der Waals surface area (Å²) in [5.74, 6) is -0.462. The summed E-state index contributed by atoms with van der Waals surface area (Å²) in [6.45, 7) is 3.95. The third-order valence-electron chi connectivity index (χ3n) is 9.58. The fourth-order valence-corrected chi connectivity index (χ4v) is 7.05. The zero-order chi connectivity index (χ0) is 38.4. The van der Waals surface area contributed by atoms with E-state index < -0.39 is 38.6 Å². The van der Waals surface area contributed by atoms with Crippen LogP contribution >= 0.6 is 7.82 Å². The number of hydrogen-bond donors (Lipinski definition) is 5. The molecule has 0 fully saturated rings. The molecule has 4 unspecified atom stereocenters. The summed E-state index contributed by atoms with van der Waals surface area (Å²) >= 11 is 0. The summed E-state index contributed by atoms with van der Waals surface area (Å²) in [6, 6.07) is -0.988. The van der Waals surface area contributed by atoms with Gasteiger partial charge in [0.05, 0.1) is 37.9 Å². The van der Waals surface area contributed by atoms with Gasteiger partial charge in [0.1, 0.15) is 0 Å². The second-order valence-corrected chi connectivity index (χ2v) is 16.2. The van der Waals surface area contributed by atoms with Gasteiger partial charge in [-0.1, -0.05) is 173 Å². The highest BCUT2D eigenvalue weighted by atomic mass is 31.2. The standard InChI is InChI=1S/C42H83N2O7P/c1-3-5-7-9-11-13-15-16-17-18-19-20-21-22-24-26-28-30-32-34-41(46)40(38-51-52(48,49)50-36-35-43)44-42(47)37-39(45)33-31-29-27-25-23-14-12-10-8-6-4-2/h25,27,32,34,39-41,45-46H,3-24,26,28-31,33,35-38,43H2,1-2H3,(H,44,47)(H,48,49)/b27-25-,34-32+. The van der Waals surface area contributed by atoms with E-state index in [1.807, 2.05) is 6.08 Å². The highest BCUT2D eigenvalue weighted by Gasteiger charge is 2.27. The number of amides is 1. The molecule has 0 aromatic rings. The number of rotatable bonds is 40. The molecule has 0 aliphatic heterocycles. The maximum Gasteiger partial charge on any atom is 0.472 e. The molecule has 0 saturated heterocycles. The molecule has 9 nitrogen and oxygen atoms in total. The lowest BCUT2D eigenvalue weighted by atomic mass is 10.0. The number of hydrogen-bond acceptors (Lipinski definition) is 7. The first-order chi connectivity index (χ1) is 25.3. The number of carbonyl (C=O) groups is 1. The lowest BCUT2D eigenvalue weighted by Gasteiger charge is -2.24. The van der Waals surface area contributed by atoms with Crippen LogP contribution in [-0.2, 0) is 18.4 Å². The van der Waals surface area contributed by atoms with Crippen LogP contribution in [0.1, 0.15) is 200 Å². The molecule has 0 aliphatic carbocycles. The van der Waals surface area contributed by atoms with Gasteiger partial charge < -0.3 is 26.2 Å². The molecule has 0 aliphatic rings. The van der Waals surface area contributed by atoms with E-state index in [9.17, 15) is 24.5 Å². The molecule has 1 amide bonds. The van der Waals surface area contributed by atoms with Gasteiger partial charge in [-0.05, 0) is 44.9 Å². The van der Waals surface area contributed by atoms with E-state index >= 15 is 0 Å². The molecule has 4 atom stereocenters. The number of unbranched alkanes of at least 4 members (excludes halogenated alkanes) is 24. The molecule has 0 aromatic heterocycles. The van der Waals surface area contributed by atoms with Gasteiger partial charge in [0.15, 0.2) is 0 Å². The van der Waals surface area contributed by atoms with E-state index in [4.69, 9.17) is 14.8 Å². The largest absolute Gasteiger partial charge is 0.472 e. The number of nitrogens with two attached hydrogens (primary N) is 1. The summed E-state index contributed by atoms with van der Waals surface area (Å²) in [4.78, 5) is 22.7. The van der Waals surface area contributed by atoms with Crippen LogP contribution in [0.4, 0.5) is 0 Å². The third-order valence-corrected chi connectivity index (χ3v) is 10.6. The van der Waals surface area contributed by atoms with Crippen molar-refractivity contribution in [2.45, 2.75) is 218 Å². The quantitative estimate of drug-likeness (QED) is 0.0235. The minimum Gasteiger partial charge on any atom is -0.393 e. The average Bonchev–Trinajstić information content (AvgIpc) is 3.12. The molecule has 0 aromatic carbocycles. The minimum atomic E-state index is -4.40. The number of nitrogens with one attached hydrogen (secondary N) is 1. The number of carbonyl (C=O) groups excluding carboxylic acids is 1. The van der Waals surface area contributed by atoms with Crippen molar-refractivity contribution < 1.29 is 33.5 Å². The van der Waals surface area contributed by atoms with Crippen LogP contribution in [0.15, 0.2) is 24.3 Å². The lowest BCUT2D eigenvalue weighted by molar-refractivity contribution is -0.124. The van der Waals surface area contributed by atoms with Crippen molar-refractivity contribution in [3.63, 3.8) is 0 Å². The Balaban J connectivity index is 4.34. The van der Waals surface area contributed by atoms with Gasteiger partial charge in [0, 0.05) is 6.54 Å². The molecule has 0 saturated carbocycles. The first kappa shape index (κ1) is 50.9. The summed E-state index contributed by atoms with van der Waals surface area (Å²) in [5.41, 5.74) is 5.36. The molecule has 0 heterocycles. The molecule has 6 N–H and O–H groups in total. The normalized spacial score (nSPS) is 15.0. The second-order valence-electron chi connectivity index (χ2n) is 14.7. The first-order valence-electron chi connectivity index (χ1n) is 21.5. The van der Waals surface area contributed by atoms with Gasteiger partial charge in [-0.15, -0.1) is 0 Å². The Morgan fingerprint density at radius 3 is 1.54 bits per heavy atom. The van der Waals surface area contributed by atoms with Crippen LogP contribution in [0, 0.1) is 0 Å². The zero-order valence-electron chi connectivity index (χ0n) is 33.7. The molecule has 10 heteroatoms. The van der Waals surface area contributed by atoms with Crippen molar-refractivity contribution in [1.82, 2.24) is 5.32 Å². The molecule has 52 heavy (non-hydrogen) atoms. The van der Waals surface area contributed by atoms with Crippen LogP contribution in [0.5, 0.6) is 0 Å². The Labute approximate surface area is 320 Å². The van der Waals surface area contributed by atoms with Gasteiger partial charge >= 0.3 is 7.82 Å². The van der Waals surface area contributed by atoms with Crippen LogP contribution in [-0.4, -0.2) is 59.0 Å². The molecule has 0 radical (unpaired) electrons. The predicted molar refractivity (Wildman–Crippen MR) is 218 cm³/mol. The number of phosphoric acid groups is 1. The number of aliphatic hydroxyl groups is 2. The van der Waals surface area contributed by atoms with E-state index in [0.717, 1.165) is 38.5 Å². The van der Waals surface area contributed by atoms with Crippen molar-refractivity contribution in [3.8, 4) is 0 Å². The monoisotopic (exact) mass is 759 g/mol. The predicted octanol–water partition coefficient (Wildman–Crippen LogP) is 10.8. The maximum absolute atomic E-state index is 12.8. The smallest absolute Gasteiger partial charge is 0.393 e. The van der Waals surface area contributed by atoms with Gasteiger partial charge in [-0.3, -0.25) is 13.8 Å². The van der Waals surface area contributed by atoms with Gasteiger partial charge in [0.2, 0.25) is 5.91 Å². The lowest BCUT2D eigenvalue weighted by Crippen LogP contribution is -2.46. The Morgan fingerprint density at radius 1 is 0.654 bits per heavy atom. The van der Waals surface area contributed by atoms with Crippen molar-refractivity contribution in [2.24, 2.45) is 5.73 Å². The molecule has 0 rings (SSSR count). The van der Waals surface area contributed by atoms with Gasteiger partial charge in [-0.25, -0.2) is 4.57 Å². The van der Waals surface area contributed by atoms with Crippen LogP contribution < -0.4 is 11.1 Å². The third kappa shape index (κ3) is 35.9. The minimum absolute atomic E-state index is 0.0473. The highest BCUT2D eigenvalue weighted by molar-refractivity contribution is 7.47. The molecule has 308 valence electrons. The average molecular weight is 759 g/mol. The van der Waals surface area contributed by atoms with Crippen molar-refractivity contribution in [3.05, 3.63) is 24.3 Å². The van der Waals surface area contributed by atoms with Crippen LogP contribution in [0.25, 0.3) is 0 Å². The van der Waals surface area contributed by atoms with E-state index in [2.05, 4.69) is 31.3 Å². The molecule has 0 spiro atoms. The second kappa shape index (κ2) is 38.2. The van der Waals surface area contributed by atoms with Crippen molar-refractivity contribution in [2.75, 3.05) is 19.8 Å². The first-order valence-corrected chi connectivity index (χ1v) is 23.0. The van der Waals surface area contributed by atoms with E-state index in [1.165, 1.54) is 135 Å². The van der Waals surface area contributed by atoms with E-state index in [0.29, 0.717) is 6.42 Å². The molecular formula is C42H83N2O7P. The Bertz CT molecular complexity index is 888. The van der Waals surface area contributed by atoms with Gasteiger partial charge in [-0.2, -0.15) is 0 Å². The van der Waals surface area contributed by atoms with Gasteiger partial charge in [0.25, 0.3) is 0 Å². The summed E-state index contributed by atoms with van der Waals surface area (Å²) in [6.07, 6.45) is 39.8. The van der Waals surface area contributed by atoms with E-state index in [-0.39, 0.29) is 19.6 Å². The fourth-order valence-electron chi connectivity index (χ4n) is 6.29. The Hall–Kier alpha value is -1.06.